The lowest BCUT2D eigenvalue weighted by atomic mass is 10.2. The van der Waals surface area contributed by atoms with Crippen molar-refractivity contribution in [2.24, 2.45) is 0 Å². The average Bonchev–Trinajstić information content (AvgIpc) is 2.24. The molecular formula is C12H26O2Si. The Hall–Kier alpha value is -0.123. The zero-order valence-corrected chi connectivity index (χ0v) is 11.7. The smallest absolute Gasteiger partial charge is 0.325 e. The maximum atomic E-state index is 5.58. The molecule has 0 amide bonds. The van der Waals surface area contributed by atoms with Crippen molar-refractivity contribution >= 4 is 9.28 Å². The molecule has 0 bridgehead atoms. The minimum atomic E-state index is -1.38. The Morgan fingerprint density at radius 1 is 0.933 bits per heavy atom. The molecule has 0 fully saturated rings. The lowest BCUT2D eigenvalue weighted by Gasteiger charge is -2.12. The van der Waals surface area contributed by atoms with Gasteiger partial charge in [0.25, 0.3) is 0 Å². The molecule has 0 aliphatic rings. The van der Waals surface area contributed by atoms with Gasteiger partial charge >= 0.3 is 9.28 Å². The highest BCUT2D eigenvalue weighted by molar-refractivity contribution is 6.44. The summed E-state index contributed by atoms with van der Waals surface area (Å²) >= 11 is 0. The molecule has 0 spiro atoms. The van der Waals surface area contributed by atoms with Crippen molar-refractivity contribution in [1.82, 2.24) is 0 Å². The summed E-state index contributed by atoms with van der Waals surface area (Å²) in [5.74, 6) is 0. The van der Waals surface area contributed by atoms with Crippen molar-refractivity contribution in [2.45, 2.75) is 52.5 Å². The summed E-state index contributed by atoms with van der Waals surface area (Å²) in [5, 5.41) is 0. The zero-order chi connectivity index (χ0) is 11.4. The minimum Gasteiger partial charge on any atom is -0.397 e. The van der Waals surface area contributed by atoms with Gasteiger partial charge in [-0.3, -0.25) is 0 Å². The molecule has 0 aromatic carbocycles. The summed E-state index contributed by atoms with van der Waals surface area (Å²) < 4.78 is 11.2. The molecule has 90 valence electrons. The van der Waals surface area contributed by atoms with E-state index in [0.717, 1.165) is 19.3 Å². The Bertz CT molecular complexity index is 143. The molecule has 0 aromatic heterocycles. The van der Waals surface area contributed by atoms with Gasteiger partial charge in [-0.15, -0.1) is 0 Å². The molecule has 0 rings (SSSR count). The predicted octanol–water partition coefficient (Wildman–Crippen LogP) is 3.42. The van der Waals surface area contributed by atoms with Gasteiger partial charge in [0, 0.05) is 19.3 Å². The fourth-order valence-corrected chi connectivity index (χ4v) is 2.92. The van der Waals surface area contributed by atoms with Crippen LogP contribution < -0.4 is 0 Å². The summed E-state index contributed by atoms with van der Waals surface area (Å²) in [4.78, 5) is 0. The third-order valence-corrected chi connectivity index (χ3v) is 4.24. The Morgan fingerprint density at radius 3 is 2.13 bits per heavy atom. The van der Waals surface area contributed by atoms with E-state index in [2.05, 4.69) is 19.1 Å². The molecule has 0 radical (unpaired) electrons. The van der Waals surface area contributed by atoms with Crippen LogP contribution >= 0.6 is 0 Å². The van der Waals surface area contributed by atoms with Gasteiger partial charge in [0.2, 0.25) is 0 Å². The van der Waals surface area contributed by atoms with Crippen LogP contribution in [0.3, 0.4) is 0 Å². The van der Waals surface area contributed by atoms with E-state index in [1.54, 1.807) is 0 Å². The van der Waals surface area contributed by atoms with Gasteiger partial charge in [0.05, 0.1) is 0 Å². The first kappa shape index (κ1) is 14.9. The van der Waals surface area contributed by atoms with Gasteiger partial charge in [-0.2, -0.15) is 0 Å². The highest BCUT2D eigenvalue weighted by Gasteiger charge is 2.08. The van der Waals surface area contributed by atoms with Crippen LogP contribution in [0.5, 0.6) is 0 Å². The van der Waals surface area contributed by atoms with Crippen molar-refractivity contribution in [3.05, 3.63) is 12.2 Å². The number of hydrogen-bond donors (Lipinski definition) is 0. The monoisotopic (exact) mass is 230 g/mol. The van der Waals surface area contributed by atoms with Gasteiger partial charge < -0.3 is 8.85 Å². The Kier molecular flexibility index (Phi) is 11.9. The molecule has 0 atom stereocenters. The van der Waals surface area contributed by atoms with Crippen molar-refractivity contribution in [3.8, 4) is 0 Å². The van der Waals surface area contributed by atoms with E-state index in [4.69, 9.17) is 8.85 Å². The summed E-state index contributed by atoms with van der Waals surface area (Å²) in [5.41, 5.74) is 0. The molecule has 0 aliphatic carbocycles. The summed E-state index contributed by atoms with van der Waals surface area (Å²) in [7, 11) is -1.38. The molecule has 15 heavy (non-hydrogen) atoms. The normalized spacial score (nSPS) is 11.7. The van der Waals surface area contributed by atoms with Gasteiger partial charge in [-0.1, -0.05) is 31.9 Å². The van der Waals surface area contributed by atoms with Crippen LogP contribution in [0, 0.1) is 0 Å². The van der Waals surface area contributed by atoms with Crippen LogP contribution in [0.4, 0.5) is 0 Å². The van der Waals surface area contributed by atoms with Crippen LogP contribution in [0.2, 0.25) is 6.04 Å². The van der Waals surface area contributed by atoms with Gasteiger partial charge in [0.1, 0.15) is 0 Å². The van der Waals surface area contributed by atoms with Crippen molar-refractivity contribution in [3.63, 3.8) is 0 Å². The SMILES string of the molecule is CCCCCC=CC[SiH](OCC)OCC. The molecule has 0 saturated carbocycles. The number of hydrogen-bond acceptors (Lipinski definition) is 2. The molecule has 0 saturated heterocycles. The van der Waals surface area contributed by atoms with Crippen LogP contribution in [0.25, 0.3) is 0 Å². The Balaban J connectivity index is 3.49. The van der Waals surface area contributed by atoms with Crippen molar-refractivity contribution in [2.75, 3.05) is 13.2 Å². The zero-order valence-electron chi connectivity index (χ0n) is 10.5. The third-order valence-electron chi connectivity index (χ3n) is 2.17. The number of allylic oxidation sites excluding steroid dienone is 2. The largest absolute Gasteiger partial charge is 0.397 e. The van der Waals surface area contributed by atoms with E-state index < -0.39 is 9.28 Å². The molecule has 0 aliphatic heterocycles. The predicted molar refractivity (Wildman–Crippen MR) is 68.5 cm³/mol. The van der Waals surface area contributed by atoms with Gasteiger partial charge in [-0.05, 0) is 26.7 Å². The molecule has 0 N–H and O–H groups in total. The number of rotatable bonds is 10. The lowest BCUT2D eigenvalue weighted by molar-refractivity contribution is 0.216. The Morgan fingerprint density at radius 2 is 1.60 bits per heavy atom. The van der Waals surface area contributed by atoms with E-state index in [9.17, 15) is 0 Å². The number of unbranched alkanes of at least 4 members (excludes halogenated alkanes) is 3. The molecule has 0 aromatic rings. The average molecular weight is 230 g/mol. The maximum absolute atomic E-state index is 5.58. The Labute approximate surface area is 96.5 Å². The first-order valence-corrected chi connectivity index (χ1v) is 7.99. The highest BCUT2D eigenvalue weighted by atomic mass is 28.3. The second kappa shape index (κ2) is 11.9. The summed E-state index contributed by atoms with van der Waals surface area (Å²) in [6.07, 6.45) is 9.65. The van der Waals surface area contributed by atoms with Crippen molar-refractivity contribution in [1.29, 1.82) is 0 Å². The van der Waals surface area contributed by atoms with E-state index >= 15 is 0 Å². The van der Waals surface area contributed by atoms with E-state index in [1.165, 1.54) is 25.7 Å². The molecule has 0 heterocycles. The summed E-state index contributed by atoms with van der Waals surface area (Å²) in [6.45, 7) is 7.85. The van der Waals surface area contributed by atoms with Crippen LogP contribution in [-0.4, -0.2) is 22.5 Å². The maximum Gasteiger partial charge on any atom is 0.325 e. The van der Waals surface area contributed by atoms with Crippen LogP contribution in [0.1, 0.15) is 46.5 Å². The molecule has 2 nitrogen and oxygen atoms in total. The first-order valence-electron chi connectivity index (χ1n) is 6.23. The fourth-order valence-electron chi connectivity index (χ4n) is 1.39. The topological polar surface area (TPSA) is 18.5 Å². The second-order valence-electron chi connectivity index (χ2n) is 3.54. The second-order valence-corrected chi connectivity index (χ2v) is 5.54. The van der Waals surface area contributed by atoms with Crippen LogP contribution in [0.15, 0.2) is 12.2 Å². The minimum absolute atomic E-state index is 0.778. The standard InChI is InChI=1S/C12H26O2Si/c1-4-7-8-9-10-11-12-15(13-5-2)14-6-3/h10-11,15H,4-9,12H2,1-3H3. The fraction of sp³-hybridized carbons (Fsp3) is 0.833. The third kappa shape index (κ3) is 10.2. The van der Waals surface area contributed by atoms with Crippen molar-refractivity contribution < 1.29 is 8.85 Å². The quantitative estimate of drug-likeness (QED) is 0.325. The molecule has 3 heteroatoms. The van der Waals surface area contributed by atoms with Gasteiger partial charge in [0.15, 0.2) is 0 Å². The van der Waals surface area contributed by atoms with E-state index in [-0.39, 0.29) is 0 Å². The molecule has 0 unspecified atom stereocenters. The first-order chi connectivity index (χ1) is 7.35. The lowest BCUT2D eigenvalue weighted by Crippen LogP contribution is -2.21. The van der Waals surface area contributed by atoms with E-state index in [1.807, 2.05) is 13.8 Å². The molecular weight excluding hydrogens is 204 g/mol. The summed E-state index contributed by atoms with van der Waals surface area (Å²) in [6, 6.07) is 1.01. The van der Waals surface area contributed by atoms with Gasteiger partial charge in [-0.25, -0.2) is 0 Å². The van der Waals surface area contributed by atoms with E-state index in [0.29, 0.717) is 0 Å². The highest BCUT2D eigenvalue weighted by Crippen LogP contribution is 2.03. The van der Waals surface area contributed by atoms with Crippen LogP contribution in [-0.2, 0) is 8.85 Å².